The molecule has 162 valence electrons. The fourth-order valence-electron chi connectivity index (χ4n) is 3.72. The Bertz CT molecular complexity index is 1230. The van der Waals surface area contributed by atoms with Gasteiger partial charge in [0.2, 0.25) is 0 Å². The first kappa shape index (κ1) is 21.0. The van der Waals surface area contributed by atoms with Gasteiger partial charge in [0.25, 0.3) is 5.91 Å². The Labute approximate surface area is 182 Å². The number of nitriles is 1. The fraction of sp³-hybridized carbons (Fsp3) is 0.182. The molecule has 32 heavy (non-hydrogen) atoms. The summed E-state index contributed by atoms with van der Waals surface area (Å²) < 4.78 is 15.2. The molecule has 3 aromatic rings. The zero-order valence-corrected chi connectivity index (χ0v) is 16.8. The number of aliphatic hydroxyl groups excluding tert-OH is 1. The van der Waals surface area contributed by atoms with Crippen LogP contribution < -0.4 is 11.1 Å². The van der Waals surface area contributed by atoms with Crippen LogP contribution >= 0.6 is 0 Å². The fourth-order valence-corrected chi connectivity index (χ4v) is 3.72. The second kappa shape index (κ2) is 8.49. The number of primary amides is 1. The third kappa shape index (κ3) is 3.89. The van der Waals surface area contributed by atoms with E-state index in [0.717, 1.165) is 0 Å². The third-order valence-electron chi connectivity index (χ3n) is 5.23. The number of amides is 3. The molecule has 1 aromatic heterocycles. The number of carbonyl (C=O) groups is 2. The lowest BCUT2D eigenvalue weighted by molar-refractivity contribution is 0.0993. The standard InChI is InChI=1S/C22H19FN6O3/c23-15-3-1-2-14(8-15)20-19(21(25)31)18-11-28(10-17(12-30)29(18)27-20)22(32)26-16-6-4-13(9-24)5-7-16/h1-8,17,30H,10-12H2,(H2,25,31)(H,26,32). The minimum absolute atomic E-state index is 0.0131. The van der Waals surface area contributed by atoms with E-state index in [4.69, 9.17) is 11.0 Å². The highest BCUT2D eigenvalue weighted by Crippen LogP contribution is 2.32. The van der Waals surface area contributed by atoms with E-state index in [9.17, 15) is 19.1 Å². The molecule has 0 spiro atoms. The van der Waals surface area contributed by atoms with Gasteiger partial charge in [-0.3, -0.25) is 9.48 Å². The summed E-state index contributed by atoms with van der Waals surface area (Å²) in [4.78, 5) is 26.6. The Morgan fingerprint density at radius 2 is 2.03 bits per heavy atom. The number of carbonyl (C=O) groups excluding carboxylic acids is 2. The zero-order valence-electron chi connectivity index (χ0n) is 16.8. The quantitative estimate of drug-likeness (QED) is 0.578. The van der Waals surface area contributed by atoms with Crippen LogP contribution in [-0.4, -0.2) is 44.9 Å². The number of urea groups is 1. The molecule has 1 atom stereocenters. The summed E-state index contributed by atoms with van der Waals surface area (Å²) in [5.74, 6) is -1.26. The zero-order chi connectivity index (χ0) is 22.8. The molecule has 0 aliphatic carbocycles. The van der Waals surface area contributed by atoms with Crippen molar-refractivity contribution >= 4 is 17.6 Å². The number of nitrogens with two attached hydrogens (primary N) is 1. The summed E-state index contributed by atoms with van der Waals surface area (Å²) in [5.41, 5.74) is 7.57. The van der Waals surface area contributed by atoms with Crippen LogP contribution in [0.1, 0.15) is 27.7 Å². The Morgan fingerprint density at radius 1 is 1.28 bits per heavy atom. The van der Waals surface area contributed by atoms with Crippen LogP contribution in [0.3, 0.4) is 0 Å². The SMILES string of the molecule is N#Cc1ccc(NC(=O)N2Cc3c(C(N)=O)c(-c4cccc(F)c4)nn3C(CO)C2)cc1. The first-order chi connectivity index (χ1) is 15.4. The van der Waals surface area contributed by atoms with E-state index in [2.05, 4.69) is 10.4 Å². The number of fused-ring (bicyclic) bond motifs is 1. The highest BCUT2D eigenvalue weighted by molar-refractivity contribution is 6.00. The summed E-state index contributed by atoms with van der Waals surface area (Å²) in [6.07, 6.45) is 0. The molecule has 10 heteroatoms. The number of aromatic nitrogens is 2. The van der Waals surface area contributed by atoms with Crippen LogP contribution in [-0.2, 0) is 6.54 Å². The number of hydrogen-bond donors (Lipinski definition) is 3. The molecular formula is C22H19FN6O3. The van der Waals surface area contributed by atoms with Gasteiger partial charge in [-0.2, -0.15) is 10.4 Å². The number of rotatable bonds is 4. The lowest BCUT2D eigenvalue weighted by Gasteiger charge is -2.33. The van der Waals surface area contributed by atoms with E-state index in [0.29, 0.717) is 22.5 Å². The molecule has 4 N–H and O–H groups in total. The Kier molecular flexibility index (Phi) is 5.57. The van der Waals surface area contributed by atoms with E-state index in [1.54, 1.807) is 30.3 Å². The number of hydrogen-bond acceptors (Lipinski definition) is 5. The van der Waals surface area contributed by atoms with Crippen molar-refractivity contribution in [2.45, 2.75) is 12.6 Å². The van der Waals surface area contributed by atoms with Gasteiger partial charge in [-0.1, -0.05) is 12.1 Å². The van der Waals surface area contributed by atoms with Crippen LogP contribution in [0.25, 0.3) is 11.3 Å². The summed E-state index contributed by atoms with van der Waals surface area (Å²) in [6.45, 7) is -0.191. The van der Waals surface area contributed by atoms with Gasteiger partial charge in [0.05, 0.1) is 42.1 Å². The monoisotopic (exact) mass is 434 g/mol. The van der Waals surface area contributed by atoms with Crippen molar-refractivity contribution in [1.29, 1.82) is 5.26 Å². The van der Waals surface area contributed by atoms with Crippen molar-refractivity contribution in [3.05, 3.63) is 71.2 Å². The lowest BCUT2D eigenvalue weighted by Crippen LogP contribution is -2.44. The number of benzene rings is 2. The predicted octanol–water partition coefficient (Wildman–Crippen LogP) is 2.24. The topological polar surface area (TPSA) is 137 Å². The van der Waals surface area contributed by atoms with Gasteiger partial charge in [-0.15, -0.1) is 0 Å². The van der Waals surface area contributed by atoms with Crippen LogP contribution in [0.2, 0.25) is 0 Å². The van der Waals surface area contributed by atoms with Crippen molar-refractivity contribution < 1.29 is 19.1 Å². The third-order valence-corrected chi connectivity index (χ3v) is 5.23. The molecule has 1 aliphatic heterocycles. The maximum absolute atomic E-state index is 13.8. The van der Waals surface area contributed by atoms with E-state index >= 15 is 0 Å². The minimum Gasteiger partial charge on any atom is -0.394 e. The molecule has 0 saturated carbocycles. The molecule has 0 radical (unpaired) electrons. The van der Waals surface area contributed by atoms with Crippen LogP contribution in [0.5, 0.6) is 0 Å². The van der Waals surface area contributed by atoms with Gasteiger partial charge in [-0.05, 0) is 36.4 Å². The second-order valence-corrected chi connectivity index (χ2v) is 7.33. The predicted molar refractivity (Wildman–Crippen MR) is 113 cm³/mol. The second-order valence-electron chi connectivity index (χ2n) is 7.33. The molecule has 2 heterocycles. The number of aliphatic hydroxyl groups is 1. The summed E-state index contributed by atoms with van der Waals surface area (Å²) >= 11 is 0. The van der Waals surface area contributed by atoms with Gasteiger partial charge in [0.1, 0.15) is 11.5 Å². The molecule has 4 rings (SSSR count). The molecule has 1 aliphatic rings. The van der Waals surface area contributed by atoms with Gasteiger partial charge < -0.3 is 21.1 Å². The first-order valence-corrected chi connectivity index (χ1v) is 9.75. The molecule has 0 saturated heterocycles. The van der Waals surface area contributed by atoms with Crippen LogP contribution in [0.4, 0.5) is 14.9 Å². The maximum atomic E-state index is 13.8. The van der Waals surface area contributed by atoms with Gasteiger partial charge in [0, 0.05) is 17.8 Å². The number of nitrogens with one attached hydrogen (secondary N) is 1. The van der Waals surface area contributed by atoms with Gasteiger partial charge >= 0.3 is 6.03 Å². The average molecular weight is 434 g/mol. The Hall–Kier alpha value is -4.23. The average Bonchev–Trinajstić information content (AvgIpc) is 3.19. The van der Waals surface area contributed by atoms with E-state index in [1.807, 2.05) is 6.07 Å². The molecule has 0 bridgehead atoms. The normalized spacial score (nSPS) is 15.0. The highest BCUT2D eigenvalue weighted by atomic mass is 19.1. The first-order valence-electron chi connectivity index (χ1n) is 9.75. The molecule has 2 aromatic carbocycles. The van der Waals surface area contributed by atoms with Crippen molar-refractivity contribution in [3.63, 3.8) is 0 Å². The van der Waals surface area contributed by atoms with Gasteiger partial charge in [-0.25, -0.2) is 9.18 Å². The van der Waals surface area contributed by atoms with Crippen molar-refractivity contribution in [2.24, 2.45) is 5.73 Å². The minimum atomic E-state index is -0.767. The van der Waals surface area contributed by atoms with Crippen molar-refractivity contribution in [1.82, 2.24) is 14.7 Å². The smallest absolute Gasteiger partial charge is 0.322 e. The summed E-state index contributed by atoms with van der Waals surface area (Å²) in [6, 6.07) is 12.9. The maximum Gasteiger partial charge on any atom is 0.322 e. The molecule has 0 fully saturated rings. The summed E-state index contributed by atoms with van der Waals surface area (Å²) in [7, 11) is 0. The summed E-state index contributed by atoms with van der Waals surface area (Å²) in [5, 5.41) is 26.0. The Morgan fingerprint density at radius 3 is 2.66 bits per heavy atom. The molecule has 3 amide bonds. The lowest BCUT2D eigenvalue weighted by atomic mass is 10.0. The number of anilines is 1. The van der Waals surface area contributed by atoms with Crippen molar-refractivity contribution in [3.8, 4) is 17.3 Å². The van der Waals surface area contributed by atoms with E-state index in [-0.39, 0.29) is 31.0 Å². The molecule has 1 unspecified atom stereocenters. The van der Waals surface area contributed by atoms with Gasteiger partial charge in [0.15, 0.2) is 0 Å². The number of halogens is 1. The molecule has 9 nitrogen and oxygen atoms in total. The van der Waals surface area contributed by atoms with E-state index in [1.165, 1.54) is 27.8 Å². The van der Waals surface area contributed by atoms with E-state index < -0.39 is 23.8 Å². The largest absolute Gasteiger partial charge is 0.394 e. The van der Waals surface area contributed by atoms with Crippen molar-refractivity contribution in [2.75, 3.05) is 18.5 Å². The van der Waals surface area contributed by atoms with Crippen LogP contribution in [0, 0.1) is 17.1 Å². The Balaban J connectivity index is 1.68. The van der Waals surface area contributed by atoms with Crippen LogP contribution in [0.15, 0.2) is 48.5 Å². The number of nitrogens with zero attached hydrogens (tertiary/aromatic N) is 4. The molecular weight excluding hydrogens is 415 g/mol. The highest BCUT2D eigenvalue weighted by Gasteiger charge is 2.34.